The minimum absolute atomic E-state index is 0.0153. The minimum Gasteiger partial charge on any atom is -0.444 e. The predicted molar refractivity (Wildman–Crippen MR) is 109 cm³/mol. The van der Waals surface area contributed by atoms with Gasteiger partial charge in [-0.1, -0.05) is 44.2 Å². The van der Waals surface area contributed by atoms with Crippen LogP contribution in [0.5, 0.6) is 0 Å². The lowest BCUT2D eigenvalue weighted by Crippen LogP contribution is -2.52. The number of primary amides is 1. The summed E-state index contributed by atoms with van der Waals surface area (Å²) in [4.78, 5) is 36.4. The lowest BCUT2D eigenvalue weighted by molar-refractivity contribution is -0.124. The van der Waals surface area contributed by atoms with Crippen molar-refractivity contribution in [2.24, 2.45) is 11.7 Å². The SMILES string of the molecule is CC(C)C[C@H](NC(=O)OC(C)(C)C)C(=O)N[C@H](CC(N)=O)Cc1ccccc1. The molecule has 0 radical (unpaired) electrons. The van der Waals surface area contributed by atoms with Crippen molar-refractivity contribution < 1.29 is 19.1 Å². The van der Waals surface area contributed by atoms with Gasteiger partial charge < -0.3 is 21.1 Å². The number of carbonyl (C=O) groups is 3. The smallest absolute Gasteiger partial charge is 0.408 e. The molecule has 0 spiro atoms. The molecule has 0 fully saturated rings. The molecule has 0 saturated heterocycles. The van der Waals surface area contributed by atoms with Gasteiger partial charge in [0.05, 0.1) is 0 Å². The van der Waals surface area contributed by atoms with Crippen LogP contribution < -0.4 is 16.4 Å². The molecule has 0 unspecified atom stereocenters. The Morgan fingerprint density at radius 3 is 2.18 bits per heavy atom. The van der Waals surface area contributed by atoms with Crippen LogP contribution >= 0.6 is 0 Å². The Morgan fingerprint density at radius 2 is 1.68 bits per heavy atom. The number of hydrogen-bond donors (Lipinski definition) is 3. The zero-order valence-electron chi connectivity index (χ0n) is 17.5. The third kappa shape index (κ3) is 9.94. The van der Waals surface area contributed by atoms with E-state index in [1.54, 1.807) is 20.8 Å². The van der Waals surface area contributed by atoms with Gasteiger partial charge in [0.15, 0.2) is 0 Å². The first-order valence-corrected chi connectivity index (χ1v) is 9.58. The zero-order valence-corrected chi connectivity index (χ0v) is 17.5. The summed E-state index contributed by atoms with van der Waals surface area (Å²) in [5.41, 5.74) is 5.67. The number of amides is 3. The highest BCUT2D eigenvalue weighted by atomic mass is 16.6. The monoisotopic (exact) mass is 391 g/mol. The number of ether oxygens (including phenoxy) is 1. The third-order valence-electron chi connectivity index (χ3n) is 3.83. The van der Waals surface area contributed by atoms with Crippen LogP contribution in [-0.4, -0.2) is 35.6 Å². The molecule has 4 N–H and O–H groups in total. The average Bonchev–Trinajstić information content (AvgIpc) is 2.52. The molecule has 1 aromatic rings. The molecule has 0 aromatic heterocycles. The second kappa shape index (κ2) is 10.7. The van der Waals surface area contributed by atoms with E-state index in [4.69, 9.17) is 10.5 Å². The van der Waals surface area contributed by atoms with Crippen LogP contribution in [0.25, 0.3) is 0 Å². The number of benzene rings is 1. The molecular weight excluding hydrogens is 358 g/mol. The molecule has 0 aliphatic heterocycles. The van der Waals surface area contributed by atoms with Crippen LogP contribution in [0, 0.1) is 5.92 Å². The molecule has 2 atom stereocenters. The Morgan fingerprint density at radius 1 is 1.07 bits per heavy atom. The van der Waals surface area contributed by atoms with Gasteiger partial charge in [-0.25, -0.2) is 4.79 Å². The van der Waals surface area contributed by atoms with Crippen molar-refractivity contribution >= 4 is 17.9 Å². The summed E-state index contributed by atoms with van der Waals surface area (Å²) < 4.78 is 5.26. The van der Waals surface area contributed by atoms with Crippen molar-refractivity contribution in [2.45, 2.75) is 71.6 Å². The fraction of sp³-hybridized carbons (Fsp3) is 0.571. The summed E-state index contributed by atoms with van der Waals surface area (Å²) >= 11 is 0. The Kier molecular flexibility index (Phi) is 8.96. The minimum atomic E-state index is -0.763. The van der Waals surface area contributed by atoms with Gasteiger partial charge >= 0.3 is 6.09 Å². The number of nitrogens with one attached hydrogen (secondary N) is 2. The molecule has 0 saturated carbocycles. The van der Waals surface area contributed by atoms with Crippen molar-refractivity contribution in [3.63, 3.8) is 0 Å². The molecular formula is C21H33N3O4. The lowest BCUT2D eigenvalue weighted by atomic mass is 10.00. The summed E-state index contributed by atoms with van der Waals surface area (Å²) in [5, 5.41) is 5.50. The van der Waals surface area contributed by atoms with E-state index in [0.717, 1.165) is 5.56 Å². The van der Waals surface area contributed by atoms with E-state index >= 15 is 0 Å². The van der Waals surface area contributed by atoms with Gasteiger partial charge in [0.2, 0.25) is 11.8 Å². The molecule has 0 aliphatic rings. The van der Waals surface area contributed by atoms with Crippen LogP contribution in [0.15, 0.2) is 30.3 Å². The van der Waals surface area contributed by atoms with E-state index in [2.05, 4.69) is 10.6 Å². The second-order valence-corrected chi connectivity index (χ2v) is 8.39. The van der Waals surface area contributed by atoms with Crippen molar-refractivity contribution in [1.29, 1.82) is 0 Å². The molecule has 3 amide bonds. The quantitative estimate of drug-likeness (QED) is 0.601. The van der Waals surface area contributed by atoms with E-state index in [-0.39, 0.29) is 18.2 Å². The number of carbonyl (C=O) groups excluding carboxylic acids is 3. The zero-order chi connectivity index (χ0) is 21.3. The summed E-state index contributed by atoms with van der Waals surface area (Å²) in [6, 6.07) is 8.31. The number of nitrogens with two attached hydrogens (primary N) is 1. The Labute approximate surface area is 167 Å². The van der Waals surface area contributed by atoms with Crippen LogP contribution in [0.3, 0.4) is 0 Å². The summed E-state index contributed by atoms with van der Waals surface area (Å²) in [7, 11) is 0. The molecule has 0 heterocycles. The maximum atomic E-state index is 12.8. The molecule has 28 heavy (non-hydrogen) atoms. The van der Waals surface area contributed by atoms with Crippen LogP contribution in [0.1, 0.15) is 53.0 Å². The molecule has 7 heteroatoms. The van der Waals surface area contributed by atoms with Crippen molar-refractivity contribution in [1.82, 2.24) is 10.6 Å². The number of alkyl carbamates (subject to hydrolysis) is 1. The van der Waals surface area contributed by atoms with Gasteiger partial charge in [-0.3, -0.25) is 9.59 Å². The van der Waals surface area contributed by atoms with Crippen LogP contribution in [0.2, 0.25) is 0 Å². The number of rotatable bonds is 9. The Balaban J connectivity index is 2.85. The van der Waals surface area contributed by atoms with Gasteiger partial charge in [-0.05, 0) is 45.1 Å². The highest BCUT2D eigenvalue weighted by Gasteiger charge is 2.27. The highest BCUT2D eigenvalue weighted by molar-refractivity contribution is 5.86. The van der Waals surface area contributed by atoms with Gasteiger partial charge in [0.25, 0.3) is 0 Å². The van der Waals surface area contributed by atoms with Gasteiger partial charge in [-0.15, -0.1) is 0 Å². The molecule has 156 valence electrons. The first-order chi connectivity index (χ1) is 13.0. The second-order valence-electron chi connectivity index (χ2n) is 8.39. The molecule has 1 aromatic carbocycles. The Bertz CT molecular complexity index is 653. The topological polar surface area (TPSA) is 111 Å². The maximum Gasteiger partial charge on any atom is 0.408 e. The first-order valence-electron chi connectivity index (χ1n) is 9.58. The molecule has 1 rings (SSSR count). The van der Waals surface area contributed by atoms with Crippen LogP contribution in [-0.2, 0) is 20.7 Å². The maximum absolute atomic E-state index is 12.8. The van der Waals surface area contributed by atoms with Gasteiger partial charge in [-0.2, -0.15) is 0 Å². The molecule has 0 bridgehead atoms. The standard InChI is InChI=1S/C21H33N3O4/c1-14(2)11-17(24-20(27)28-21(3,4)5)19(26)23-16(13-18(22)25)12-15-9-7-6-8-10-15/h6-10,14,16-17H,11-13H2,1-5H3,(H2,22,25)(H,23,26)(H,24,27)/t16-,17-/m0/s1. The van der Waals surface area contributed by atoms with E-state index in [1.165, 1.54) is 0 Å². The van der Waals surface area contributed by atoms with Crippen molar-refractivity contribution in [3.05, 3.63) is 35.9 Å². The average molecular weight is 392 g/mol. The van der Waals surface area contributed by atoms with Crippen LogP contribution in [0.4, 0.5) is 4.79 Å². The predicted octanol–water partition coefficient (Wildman–Crippen LogP) is 2.53. The number of hydrogen-bond acceptors (Lipinski definition) is 4. The van der Waals surface area contributed by atoms with Crippen molar-refractivity contribution in [3.8, 4) is 0 Å². The Hall–Kier alpha value is -2.57. The highest BCUT2D eigenvalue weighted by Crippen LogP contribution is 2.11. The summed E-state index contributed by atoms with van der Waals surface area (Å²) in [6.45, 7) is 9.19. The first kappa shape index (κ1) is 23.5. The molecule has 0 aliphatic carbocycles. The molecule has 7 nitrogen and oxygen atoms in total. The largest absolute Gasteiger partial charge is 0.444 e. The fourth-order valence-electron chi connectivity index (χ4n) is 2.77. The van der Waals surface area contributed by atoms with Gasteiger partial charge in [0.1, 0.15) is 11.6 Å². The third-order valence-corrected chi connectivity index (χ3v) is 3.83. The lowest BCUT2D eigenvalue weighted by Gasteiger charge is -2.26. The van der Waals surface area contributed by atoms with Crippen molar-refractivity contribution in [2.75, 3.05) is 0 Å². The van der Waals surface area contributed by atoms with E-state index in [1.807, 2.05) is 44.2 Å². The van der Waals surface area contributed by atoms with E-state index < -0.39 is 29.7 Å². The summed E-state index contributed by atoms with van der Waals surface area (Å²) in [6.07, 6.45) is 0.278. The fourth-order valence-corrected chi connectivity index (χ4v) is 2.77. The van der Waals surface area contributed by atoms with E-state index in [0.29, 0.717) is 12.8 Å². The summed E-state index contributed by atoms with van der Waals surface area (Å²) in [5.74, 6) is -0.683. The normalized spacial score (nSPS) is 13.5. The van der Waals surface area contributed by atoms with E-state index in [9.17, 15) is 14.4 Å². The van der Waals surface area contributed by atoms with Gasteiger partial charge in [0, 0.05) is 12.5 Å².